The molecule has 7 nitrogen and oxygen atoms in total. The van der Waals surface area contributed by atoms with Crippen molar-refractivity contribution in [3.63, 3.8) is 0 Å². The quantitative estimate of drug-likeness (QED) is 0.532. The molecule has 1 N–H and O–H groups in total. The number of carbonyl (C=O) groups is 1. The van der Waals surface area contributed by atoms with Crippen molar-refractivity contribution in [2.45, 2.75) is 31.9 Å². The molecule has 9 heteroatoms. The fourth-order valence-electron chi connectivity index (χ4n) is 3.96. The number of halogens is 2. The van der Waals surface area contributed by atoms with Crippen LogP contribution in [0.1, 0.15) is 30.7 Å². The average Bonchev–Trinajstić information content (AvgIpc) is 3.34. The second-order valence-corrected chi connectivity index (χ2v) is 7.76. The molecule has 0 saturated carbocycles. The summed E-state index contributed by atoms with van der Waals surface area (Å²) in [4.78, 5) is 15.9. The zero-order chi connectivity index (χ0) is 22.5. The Morgan fingerprint density at radius 3 is 2.41 bits per heavy atom. The lowest BCUT2D eigenvalue weighted by atomic mass is 10.0. The maximum absolute atomic E-state index is 12.7. The van der Waals surface area contributed by atoms with E-state index in [2.05, 4.69) is 27.5 Å². The first-order valence-electron chi connectivity index (χ1n) is 10.5. The summed E-state index contributed by atoms with van der Waals surface area (Å²) in [6.07, 6.45) is 0.127. The Morgan fingerprint density at radius 2 is 1.78 bits per heavy atom. The highest BCUT2D eigenvalue weighted by molar-refractivity contribution is 5.84. The van der Waals surface area contributed by atoms with Crippen LogP contribution >= 0.6 is 0 Å². The summed E-state index contributed by atoms with van der Waals surface area (Å²) < 4.78 is 30.3. The van der Waals surface area contributed by atoms with E-state index >= 15 is 0 Å². The number of piperidine rings is 1. The molecule has 2 aromatic carbocycles. The van der Waals surface area contributed by atoms with Crippen LogP contribution in [0.15, 0.2) is 52.9 Å². The number of hydrogen-bond acceptors (Lipinski definition) is 6. The summed E-state index contributed by atoms with van der Waals surface area (Å²) >= 11 is 0. The van der Waals surface area contributed by atoms with Gasteiger partial charge in [-0.1, -0.05) is 24.3 Å². The summed E-state index contributed by atoms with van der Waals surface area (Å²) in [6, 6.07) is 15.4. The molecule has 1 fully saturated rings. The fourth-order valence-corrected chi connectivity index (χ4v) is 3.96. The van der Waals surface area contributed by atoms with Crippen LogP contribution in [-0.4, -0.2) is 42.8 Å². The Kier molecular flexibility index (Phi) is 6.75. The lowest BCUT2D eigenvalue weighted by Crippen LogP contribution is -2.41. The highest BCUT2D eigenvalue weighted by Crippen LogP contribution is 2.32. The standard InChI is InChI=1S/C23H25F2N5O2/c1-29(18-10-12-26-13-11-18)19-4-2-3-5-20(19)30(15-31)14-16-6-8-17(9-7-16)22-27-28-23(32-22)21(24)25/h2-9,15,18,21,26H,10-14H2,1H3. The average molecular weight is 441 g/mol. The van der Waals surface area contributed by atoms with E-state index in [-0.39, 0.29) is 5.89 Å². The number of anilines is 2. The monoisotopic (exact) mass is 441 g/mol. The smallest absolute Gasteiger partial charge is 0.314 e. The summed E-state index contributed by atoms with van der Waals surface area (Å²) in [7, 11) is 2.07. The first kappa shape index (κ1) is 21.9. The molecule has 1 aliphatic rings. The molecule has 2 heterocycles. The number of nitrogens with one attached hydrogen (secondary N) is 1. The molecular weight excluding hydrogens is 416 g/mol. The van der Waals surface area contributed by atoms with Crippen molar-refractivity contribution < 1.29 is 18.0 Å². The number of para-hydroxylation sites is 2. The van der Waals surface area contributed by atoms with Crippen LogP contribution in [0.4, 0.5) is 20.2 Å². The number of carbonyl (C=O) groups excluding carboxylic acids is 1. The predicted octanol–water partition coefficient (Wildman–Crippen LogP) is 4.03. The van der Waals surface area contributed by atoms with Crippen LogP contribution in [0.3, 0.4) is 0 Å². The second kappa shape index (κ2) is 9.86. The molecule has 0 unspecified atom stereocenters. The normalized spacial score (nSPS) is 14.5. The lowest BCUT2D eigenvalue weighted by Gasteiger charge is -2.35. The zero-order valence-corrected chi connectivity index (χ0v) is 17.7. The zero-order valence-electron chi connectivity index (χ0n) is 17.7. The number of amides is 1. The maximum atomic E-state index is 12.7. The molecule has 1 aromatic heterocycles. The van der Waals surface area contributed by atoms with Crippen LogP contribution in [-0.2, 0) is 11.3 Å². The SMILES string of the molecule is CN(c1ccccc1N(C=O)Cc1ccc(-c2nnc(C(F)F)o2)cc1)C1CCNCC1. The minimum absolute atomic E-state index is 0.0352. The Labute approximate surface area is 185 Å². The number of nitrogens with zero attached hydrogens (tertiary/aromatic N) is 4. The summed E-state index contributed by atoms with van der Waals surface area (Å²) in [5.41, 5.74) is 3.27. The minimum atomic E-state index is -2.81. The van der Waals surface area contributed by atoms with Crippen molar-refractivity contribution >= 4 is 17.8 Å². The van der Waals surface area contributed by atoms with Crippen molar-refractivity contribution in [2.75, 3.05) is 29.9 Å². The number of benzene rings is 2. The van der Waals surface area contributed by atoms with Gasteiger partial charge in [-0.05, 0) is 55.8 Å². The van der Waals surface area contributed by atoms with Gasteiger partial charge in [0.1, 0.15) is 0 Å². The molecule has 1 amide bonds. The largest absolute Gasteiger partial charge is 0.415 e. The Balaban J connectivity index is 1.52. The molecule has 0 aliphatic carbocycles. The molecule has 4 rings (SSSR count). The third kappa shape index (κ3) is 4.77. The molecule has 1 saturated heterocycles. The van der Waals surface area contributed by atoms with E-state index in [1.54, 1.807) is 17.0 Å². The first-order valence-corrected chi connectivity index (χ1v) is 10.5. The van der Waals surface area contributed by atoms with E-state index in [4.69, 9.17) is 4.42 Å². The van der Waals surface area contributed by atoms with Gasteiger partial charge >= 0.3 is 6.43 Å². The van der Waals surface area contributed by atoms with Gasteiger partial charge in [-0.3, -0.25) is 4.79 Å². The van der Waals surface area contributed by atoms with Gasteiger partial charge in [0.25, 0.3) is 5.89 Å². The van der Waals surface area contributed by atoms with Gasteiger partial charge in [0.15, 0.2) is 0 Å². The molecule has 32 heavy (non-hydrogen) atoms. The van der Waals surface area contributed by atoms with Crippen molar-refractivity contribution in [1.82, 2.24) is 15.5 Å². The summed E-state index contributed by atoms with van der Waals surface area (Å²) in [5.74, 6) is -0.668. The Bertz CT molecular complexity index is 1030. The van der Waals surface area contributed by atoms with Crippen molar-refractivity contribution in [2.24, 2.45) is 0 Å². The van der Waals surface area contributed by atoms with Crippen LogP contribution in [0.25, 0.3) is 11.5 Å². The fraction of sp³-hybridized carbons (Fsp3) is 0.348. The summed E-state index contributed by atoms with van der Waals surface area (Å²) in [6.45, 7) is 2.34. The summed E-state index contributed by atoms with van der Waals surface area (Å²) in [5, 5.41) is 10.4. The van der Waals surface area contributed by atoms with Gasteiger partial charge in [-0.15, -0.1) is 10.2 Å². The molecule has 168 valence electrons. The van der Waals surface area contributed by atoms with Gasteiger partial charge < -0.3 is 19.5 Å². The van der Waals surface area contributed by atoms with Gasteiger partial charge in [-0.25, -0.2) is 0 Å². The number of aromatic nitrogens is 2. The number of rotatable bonds is 8. The van der Waals surface area contributed by atoms with Gasteiger partial charge in [0, 0.05) is 18.7 Å². The lowest BCUT2D eigenvalue weighted by molar-refractivity contribution is -0.107. The molecule has 0 radical (unpaired) electrons. The van der Waals surface area contributed by atoms with E-state index in [1.165, 1.54) is 0 Å². The van der Waals surface area contributed by atoms with Crippen molar-refractivity contribution in [1.29, 1.82) is 0 Å². The predicted molar refractivity (Wildman–Crippen MR) is 118 cm³/mol. The maximum Gasteiger partial charge on any atom is 0.314 e. The number of hydrogen-bond donors (Lipinski definition) is 1. The van der Waals surface area contributed by atoms with E-state index in [0.29, 0.717) is 18.2 Å². The van der Waals surface area contributed by atoms with Crippen LogP contribution in [0.5, 0.6) is 0 Å². The van der Waals surface area contributed by atoms with Crippen LogP contribution in [0, 0.1) is 0 Å². The van der Waals surface area contributed by atoms with E-state index in [1.807, 2.05) is 36.4 Å². The number of alkyl halides is 2. The molecule has 3 aromatic rings. The molecule has 1 aliphatic heterocycles. The van der Waals surface area contributed by atoms with Crippen molar-refractivity contribution in [3.8, 4) is 11.5 Å². The second-order valence-electron chi connectivity index (χ2n) is 7.76. The minimum Gasteiger partial charge on any atom is -0.415 e. The van der Waals surface area contributed by atoms with E-state index in [9.17, 15) is 13.6 Å². The Hall–Kier alpha value is -3.33. The molecule has 0 bridgehead atoms. The van der Waals surface area contributed by atoms with Gasteiger partial charge in [0.05, 0.1) is 17.9 Å². The van der Waals surface area contributed by atoms with Gasteiger partial charge in [0.2, 0.25) is 12.3 Å². The van der Waals surface area contributed by atoms with E-state index in [0.717, 1.165) is 49.3 Å². The van der Waals surface area contributed by atoms with E-state index < -0.39 is 12.3 Å². The molecule has 0 atom stereocenters. The highest BCUT2D eigenvalue weighted by atomic mass is 19.3. The molecular formula is C23H25F2N5O2. The van der Waals surface area contributed by atoms with Crippen LogP contribution < -0.4 is 15.1 Å². The third-order valence-corrected chi connectivity index (χ3v) is 5.74. The highest BCUT2D eigenvalue weighted by Gasteiger charge is 2.22. The molecule has 0 spiro atoms. The third-order valence-electron chi connectivity index (χ3n) is 5.74. The van der Waals surface area contributed by atoms with Crippen LogP contribution in [0.2, 0.25) is 0 Å². The topological polar surface area (TPSA) is 74.5 Å². The van der Waals surface area contributed by atoms with Crippen molar-refractivity contribution in [3.05, 3.63) is 60.0 Å². The first-order chi connectivity index (χ1) is 15.6. The van der Waals surface area contributed by atoms with Gasteiger partial charge in [-0.2, -0.15) is 8.78 Å². The Morgan fingerprint density at radius 1 is 1.09 bits per heavy atom.